The molecule has 0 aliphatic rings. The SMILES string of the molecule is C[C@H](NC(=O)CNC(=O)OCc1ccccc1)C(=O)NCC(=O)COC(=O)c1c(Cl)cccc1Cl. The third-order valence-corrected chi connectivity index (χ3v) is 5.00. The average Bonchev–Trinajstić information content (AvgIpc) is 2.83. The molecule has 0 radical (unpaired) electrons. The molecule has 0 saturated heterocycles. The predicted molar refractivity (Wildman–Crippen MR) is 127 cm³/mol. The molecule has 3 N–H and O–H groups in total. The maximum atomic E-state index is 12.1. The highest BCUT2D eigenvalue weighted by Gasteiger charge is 2.19. The number of hydrogen-bond donors (Lipinski definition) is 3. The Kier molecular flexibility index (Phi) is 11.0. The van der Waals surface area contributed by atoms with Crippen molar-refractivity contribution in [2.45, 2.75) is 19.6 Å². The van der Waals surface area contributed by atoms with Crippen molar-refractivity contribution < 1.29 is 33.4 Å². The van der Waals surface area contributed by atoms with Gasteiger partial charge in [-0.05, 0) is 24.6 Å². The molecule has 2 rings (SSSR count). The number of nitrogens with one attached hydrogen (secondary N) is 3. The van der Waals surface area contributed by atoms with Crippen molar-refractivity contribution in [1.29, 1.82) is 0 Å². The zero-order chi connectivity index (χ0) is 25.8. The van der Waals surface area contributed by atoms with Crippen LogP contribution in [-0.2, 0) is 30.5 Å². The van der Waals surface area contributed by atoms with Crippen LogP contribution in [0.5, 0.6) is 0 Å². The normalized spacial score (nSPS) is 11.1. The fourth-order valence-corrected chi connectivity index (χ4v) is 3.14. The van der Waals surface area contributed by atoms with Gasteiger partial charge in [0.25, 0.3) is 0 Å². The Bertz CT molecular complexity index is 1060. The molecule has 3 amide bonds. The molecule has 2 aromatic carbocycles. The van der Waals surface area contributed by atoms with Crippen LogP contribution in [0.25, 0.3) is 0 Å². The van der Waals surface area contributed by atoms with Gasteiger partial charge in [0.2, 0.25) is 11.8 Å². The summed E-state index contributed by atoms with van der Waals surface area (Å²) in [6, 6.07) is 12.4. The largest absolute Gasteiger partial charge is 0.454 e. The minimum Gasteiger partial charge on any atom is -0.454 e. The zero-order valence-corrected chi connectivity index (χ0v) is 20.2. The standard InChI is InChI=1S/C23H23Cl2N3O7/c1-14(28-19(30)11-27-23(33)35-12-15-6-3-2-4-7-15)21(31)26-10-16(29)13-34-22(32)20-17(24)8-5-9-18(20)25/h2-9,14H,10-13H2,1H3,(H,26,31)(H,27,33)(H,28,30)/t14-/m0/s1. The van der Waals surface area contributed by atoms with E-state index in [9.17, 15) is 24.0 Å². The van der Waals surface area contributed by atoms with E-state index in [-0.39, 0.29) is 22.2 Å². The molecule has 0 bridgehead atoms. The number of alkyl carbamates (subject to hydrolysis) is 1. The molecule has 10 nitrogen and oxygen atoms in total. The van der Waals surface area contributed by atoms with E-state index in [1.807, 2.05) is 6.07 Å². The number of ether oxygens (including phenoxy) is 2. The van der Waals surface area contributed by atoms with Crippen molar-refractivity contribution in [2.75, 3.05) is 19.7 Å². The van der Waals surface area contributed by atoms with Crippen molar-refractivity contribution >= 4 is 52.9 Å². The fourth-order valence-electron chi connectivity index (χ4n) is 2.59. The lowest BCUT2D eigenvalue weighted by molar-refractivity contribution is -0.129. The number of benzene rings is 2. The second-order valence-corrected chi connectivity index (χ2v) is 7.95. The van der Waals surface area contributed by atoms with Crippen LogP contribution in [0.3, 0.4) is 0 Å². The van der Waals surface area contributed by atoms with Crippen LogP contribution in [0.1, 0.15) is 22.8 Å². The van der Waals surface area contributed by atoms with Gasteiger partial charge in [0.15, 0.2) is 12.4 Å². The summed E-state index contributed by atoms with van der Waals surface area (Å²) in [5, 5.41) is 7.11. The quantitative estimate of drug-likeness (QED) is 0.383. The molecular weight excluding hydrogens is 501 g/mol. The number of amides is 3. The maximum absolute atomic E-state index is 12.1. The summed E-state index contributed by atoms with van der Waals surface area (Å²) in [5.74, 6) is -2.77. The van der Waals surface area contributed by atoms with Gasteiger partial charge in [-0.3, -0.25) is 14.4 Å². The van der Waals surface area contributed by atoms with E-state index in [0.29, 0.717) is 0 Å². The molecule has 186 valence electrons. The third-order valence-electron chi connectivity index (χ3n) is 4.37. The van der Waals surface area contributed by atoms with E-state index < -0.39 is 55.4 Å². The molecule has 0 fully saturated rings. The summed E-state index contributed by atoms with van der Waals surface area (Å²) in [5.41, 5.74) is 0.718. The summed E-state index contributed by atoms with van der Waals surface area (Å²) in [4.78, 5) is 59.7. The Morgan fingerprint density at radius 3 is 2.17 bits per heavy atom. The lowest BCUT2D eigenvalue weighted by Crippen LogP contribution is -2.49. The Balaban J connectivity index is 1.64. The van der Waals surface area contributed by atoms with E-state index in [4.69, 9.17) is 32.7 Å². The van der Waals surface area contributed by atoms with Crippen molar-refractivity contribution in [2.24, 2.45) is 0 Å². The summed E-state index contributed by atoms with van der Waals surface area (Å²) in [6.07, 6.45) is -0.792. The molecule has 0 aliphatic heterocycles. The highest BCUT2D eigenvalue weighted by Crippen LogP contribution is 2.24. The average molecular weight is 524 g/mol. The van der Waals surface area contributed by atoms with Crippen LogP contribution < -0.4 is 16.0 Å². The van der Waals surface area contributed by atoms with Gasteiger partial charge in [-0.15, -0.1) is 0 Å². The van der Waals surface area contributed by atoms with Crippen LogP contribution in [0.4, 0.5) is 4.79 Å². The molecule has 35 heavy (non-hydrogen) atoms. The van der Waals surface area contributed by atoms with E-state index in [2.05, 4.69) is 16.0 Å². The molecule has 12 heteroatoms. The number of halogens is 2. The summed E-state index contributed by atoms with van der Waals surface area (Å²) in [6.45, 7) is -0.0273. The highest BCUT2D eigenvalue weighted by molar-refractivity contribution is 6.39. The zero-order valence-electron chi connectivity index (χ0n) is 18.6. The lowest BCUT2D eigenvalue weighted by atomic mass is 10.2. The summed E-state index contributed by atoms with van der Waals surface area (Å²) in [7, 11) is 0. The molecule has 0 saturated carbocycles. The van der Waals surface area contributed by atoms with Crippen LogP contribution in [-0.4, -0.2) is 55.4 Å². The molecule has 2 aromatic rings. The van der Waals surface area contributed by atoms with Crippen LogP contribution in [0, 0.1) is 0 Å². The molecular formula is C23H23Cl2N3O7. The minimum atomic E-state index is -0.998. The van der Waals surface area contributed by atoms with Gasteiger partial charge < -0.3 is 25.4 Å². The number of esters is 1. The van der Waals surface area contributed by atoms with Gasteiger partial charge in [-0.2, -0.15) is 0 Å². The molecule has 0 aliphatic carbocycles. The van der Waals surface area contributed by atoms with E-state index in [0.717, 1.165) is 5.56 Å². The highest BCUT2D eigenvalue weighted by atomic mass is 35.5. The molecule has 1 atom stereocenters. The number of carbonyl (C=O) groups excluding carboxylic acids is 5. The maximum Gasteiger partial charge on any atom is 0.407 e. The van der Waals surface area contributed by atoms with Gasteiger partial charge in [-0.25, -0.2) is 9.59 Å². The van der Waals surface area contributed by atoms with Crippen LogP contribution >= 0.6 is 23.2 Å². The Hall–Kier alpha value is -3.63. The molecule has 0 unspecified atom stereocenters. The Labute approximate surface area is 211 Å². The monoisotopic (exact) mass is 523 g/mol. The predicted octanol–water partition coefficient (Wildman–Crippen LogP) is 2.27. The third kappa shape index (κ3) is 9.63. The number of rotatable bonds is 11. The smallest absolute Gasteiger partial charge is 0.407 e. The minimum absolute atomic E-state index is 0.0435. The topological polar surface area (TPSA) is 140 Å². The van der Waals surface area contributed by atoms with Crippen LogP contribution in [0.15, 0.2) is 48.5 Å². The van der Waals surface area contributed by atoms with Gasteiger partial charge in [-0.1, -0.05) is 59.6 Å². The first-order valence-electron chi connectivity index (χ1n) is 10.3. The summed E-state index contributed by atoms with van der Waals surface area (Å²) >= 11 is 11.8. The first kappa shape index (κ1) is 27.6. The first-order valence-corrected chi connectivity index (χ1v) is 11.1. The first-order chi connectivity index (χ1) is 16.7. The van der Waals surface area contributed by atoms with Gasteiger partial charge in [0, 0.05) is 0 Å². The molecule has 0 aromatic heterocycles. The van der Waals surface area contributed by atoms with E-state index >= 15 is 0 Å². The molecule has 0 heterocycles. The molecule has 0 spiro atoms. The van der Waals surface area contributed by atoms with Crippen molar-refractivity contribution in [3.8, 4) is 0 Å². The number of carbonyl (C=O) groups is 5. The van der Waals surface area contributed by atoms with Crippen molar-refractivity contribution in [3.05, 3.63) is 69.7 Å². The second-order valence-electron chi connectivity index (χ2n) is 7.13. The van der Waals surface area contributed by atoms with Gasteiger partial charge >= 0.3 is 12.1 Å². The fraction of sp³-hybridized carbons (Fsp3) is 0.261. The van der Waals surface area contributed by atoms with Gasteiger partial charge in [0.05, 0.1) is 22.2 Å². The van der Waals surface area contributed by atoms with Crippen molar-refractivity contribution in [1.82, 2.24) is 16.0 Å². The summed E-state index contributed by atoms with van der Waals surface area (Å²) < 4.78 is 9.86. The van der Waals surface area contributed by atoms with Gasteiger partial charge in [0.1, 0.15) is 19.2 Å². The lowest BCUT2D eigenvalue weighted by Gasteiger charge is -2.14. The van der Waals surface area contributed by atoms with E-state index in [1.54, 1.807) is 30.3 Å². The number of hydrogen-bond acceptors (Lipinski definition) is 7. The number of Topliss-reactive ketones (excluding diaryl/α,β-unsaturated/α-hetero) is 1. The van der Waals surface area contributed by atoms with Crippen molar-refractivity contribution in [3.63, 3.8) is 0 Å². The Morgan fingerprint density at radius 1 is 0.857 bits per heavy atom. The number of ketones is 1. The van der Waals surface area contributed by atoms with Crippen LogP contribution in [0.2, 0.25) is 10.0 Å². The Morgan fingerprint density at radius 2 is 1.51 bits per heavy atom. The second kappa shape index (κ2) is 13.9. The van der Waals surface area contributed by atoms with E-state index in [1.165, 1.54) is 19.1 Å².